The van der Waals surface area contributed by atoms with Crippen LogP contribution >= 0.6 is 7.82 Å². The highest BCUT2D eigenvalue weighted by Gasteiger charge is 2.23. The lowest BCUT2D eigenvalue weighted by Gasteiger charge is -2.29. The molecular weight excluding hydrogens is 816 g/mol. The molecular formula is C55H109N2O6P. The molecule has 0 saturated heterocycles. The highest BCUT2D eigenvalue weighted by Crippen LogP contribution is 2.38. The van der Waals surface area contributed by atoms with Crippen LogP contribution in [0.4, 0.5) is 0 Å². The SMILES string of the molecule is CCCCCCC/C=C/C(O)C(COP(=O)([O-])OCC[N+](C)(C)C)NC(=O)CCCCCCCCCCCCCCCCCCCCCCCCC/C=C\CCCCCCCCCC. The second-order valence-corrected chi connectivity index (χ2v) is 21.7. The summed E-state index contributed by atoms with van der Waals surface area (Å²) >= 11 is 0. The molecule has 64 heavy (non-hydrogen) atoms. The van der Waals surface area contributed by atoms with Crippen molar-refractivity contribution in [2.45, 2.75) is 283 Å². The number of nitrogens with one attached hydrogen (secondary N) is 1. The Morgan fingerprint density at radius 1 is 0.531 bits per heavy atom. The van der Waals surface area contributed by atoms with E-state index in [9.17, 15) is 19.4 Å². The zero-order valence-electron chi connectivity index (χ0n) is 43.3. The summed E-state index contributed by atoms with van der Waals surface area (Å²) in [6.45, 7) is 4.60. The first-order valence-electron chi connectivity index (χ1n) is 27.7. The maximum atomic E-state index is 12.8. The molecule has 0 aliphatic rings. The molecule has 0 aliphatic heterocycles. The van der Waals surface area contributed by atoms with Gasteiger partial charge < -0.3 is 28.8 Å². The Labute approximate surface area is 398 Å². The Morgan fingerprint density at radius 3 is 1.22 bits per heavy atom. The molecule has 3 atom stereocenters. The van der Waals surface area contributed by atoms with Crippen LogP contribution in [0.1, 0.15) is 271 Å². The van der Waals surface area contributed by atoms with Crippen molar-refractivity contribution < 1.29 is 32.9 Å². The number of carbonyl (C=O) groups excluding carboxylic acids is 1. The maximum Gasteiger partial charge on any atom is 0.268 e. The molecule has 0 aromatic rings. The summed E-state index contributed by atoms with van der Waals surface area (Å²) in [6.07, 6.45) is 58.8. The van der Waals surface area contributed by atoms with Gasteiger partial charge in [-0.2, -0.15) is 0 Å². The van der Waals surface area contributed by atoms with Crippen LogP contribution in [0.15, 0.2) is 24.3 Å². The van der Waals surface area contributed by atoms with Crippen LogP contribution in [-0.2, 0) is 18.4 Å². The molecule has 9 heteroatoms. The first-order chi connectivity index (χ1) is 31.0. The Morgan fingerprint density at radius 2 is 0.859 bits per heavy atom. The van der Waals surface area contributed by atoms with E-state index in [-0.39, 0.29) is 19.1 Å². The second kappa shape index (κ2) is 47.1. The third kappa shape index (κ3) is 48.9. The predicted octanol–water partition coefficient (Wildman–Crippen LogP) is 15.8. The molecule has 0 saturated carbocycles. The Hall–Kier alpha value is -1.02. The zero-order chi connectivity index (χ0) is 47.1. The van der Waals surface area contributed by atoms with E-state index in [4.69, 9.17) is 9.05 Å². The molecule has 380 valence electrons. The molecule has 1 amide bonds. The van der Waals surface area contributed by atoms with Crippen molar-refractivity contribution in [1.82, 2.24) is 5.32 Å². The molecule has 0 aromatic carbocycles. The van der Waals surface area contributed by atoms with Crippen molar-refractivity contribution in [3.63, 3.8) is 0 Å². The number of rotatable bonds is 51. The summed E-state index contributed by atoms with van der Waals surface area (Å²) in [5.41, 5.74) is 0. The molecule has 2 N–H and O–H groups in total. The molecule has 0 bridgehead atoms. The van der Waals surface area contributed by atoms with Gasteiger partial charge in [0.05, 0.1) is 39.9 Å². The van der Waals surface area contributed by atoms with Gasteiger partial charge in [0.25, 0.3) is 7.82 Å². The van der Waals surface area contributed by atoms with Gasteiger partial charge in [-0.1, -0.05) is 244 Å². The number of nitrogens with zero attached hydrogens (tertiary/aromatic N) is 1. The monoisotopic (exact) mass is 925 g/mol. The minimum absolute atomic E-state index is 0.000689. The Kier molecular flexibility index (Phi) is 46.3. The van der Waals surface area contributed by atoms with E-state index >= 15 is 0 Å². The number of hydrogen-bond acceptors (Lipinski definition) is 6. The lowest BCUT2D eigenvalue weighted by molar-refractivity contribution is -0.870. The van der Waals surface area contributed by atoms with E-state index in [0.29, 0.717) is 17.4 Å². The summed E-state index contributed by atoms with van der Waals surface area (Å²) in [5, 5.41) is 13.7. The first-order valence-corrected chi connectivity index (χ1v) is 29.2. The summed E-state index contributed by atoms with van der Waals surface area (Å²) in [4.78, 5) is 25.2. The third-order valence-corrected chi connectivity index (χ3v) is 13.6. The summed E-state index contributed by atoms with van der Waals surface area (Å²) in [6, 6.07) is -0.880. The van der Waals surface area contributed by atoms with Crippen molar-refractivity contribution in [1.29, 1.82) is 0 Å². The standard InChI is InChI=1S/C55H109N2O6P/c1-6-8-10-12-14-15-16-17-18-19-20-21-22-23-24-25-26-27-28-29-30-31-32-33-34-35-36-37-38-39-40-41-43-45-47-49-55(59)56-53(54(58)48-46-44-42-13-11-9-7-2)52-63-64(60,61)62-51-50-57(3,4)5/h19-20,46,48,53-54,58H,6-18,21-45,47,49-52H2,1-5H3,(H-,56,59,60,61)/b20-19-,48-46+. The van der Waals surface area contributed by atoms with E-state index < -0.39 is 20.0 Å². The van der Waals surface area contributed by atoms with Crippen LogP contribution in [0.3, 0.4) is 0 Å². The van der Waals surface area contributed by atoms with Gasteiger partial charge in [-0.25, -0.2) is 0 Å². The first kappa shape index (κ1) is 63.0. The number of phosphoric ester groups is 1. The van der Waals surface area contributed by atoms with Gasteiger partial charge in [0.1, 0.15) is 13.2 Å². The molecule has 0 radical (unpaired) electrons. The Bertz CT molecular complexity index is 1090. The topological polar surface area (TPSA) is 108 Å². The van der Waals surface area contributed by atoms with Gasteiger partial charge >= 0.3 is 0 Å². The lowest BCUT2D eigenvalue weighted by atomic mass is 10.0. The zero-order valence-corrected chi connectivity index (χ0v) is 44.1. The average molecular weight is 925 g/mol. The van der Waals surface area contributed by atoms with E-state index in [0.717, 1.165) is 38.5 Å². The summed E-state index contributed by atoms with van der Waals surface area (Å²) < 4.78 is 23.1. The number of hydrogen-bond donors (Lipinski definition) is 2. The molecule has 0 aromatic heterocycles. The van der Waals surface area contributed by atoms with Crippen molar-refractivity contribution in [2.75, 3.05) is 40.9 Å². The van der Waals surface area contributed by atoms with Crippen molar-refractivity contribution in [3.05, 3.63) is 24.3 Å². The minimum atomic E-state index is -4.58. The van der Waals surface area contributed by atoms with Crippen LogP contribution < -0.4 is 10.2 Å². The smallest absolute Gasteiger partial charge is 0.268 e. The van der Waals surface area contributed by atoms with E-state index in [2.05, 4.69) is 31.3 Å². The van der Waals surface area contributed by atoms with Gasteiger partial charge in [0.15, 0.2) is 0 Å². The van der Waals surface area contributed by atoms with Gasteiger partial charge in [-0.3, -0.25) is 9.36 Å². The van der Waals surface area contributed by atoms with Crippen LogP contribution in [-0.4, -0.2) is 68.5 Å². The maximum absolute atomic E-state index is 12.8. The lowest BCUT2D eigenvalue weighted by Crippen LogP contribution is -2.45. The van der Waals surface area contributed by atoms with Gasteiger partial charge in [0, 0.05) is 6.42 Å². The third-order valence-electron chi connectivity index (χ3n) is 12.7. The number of quaternary nitrogens is 1. The number of aliphatic hydroxyl groups is 1. The minimum Gasteiger partial charge on any atom is -0.756 e. The number of amides is 1. The van der Waals surface area contributed by atoms with E-state index in [1.807, 2.05) is 27.2 Å². The van der Waals surface area contributed by atoms with Gasteiger partial charge in [-0.15, -0.1) is 0 Å². The van der Waals surface area contributed by atoms with Crippen molar-refractivity contribution in [3.8, 4) is 0 Å². The average Bonchev–Trinajstić information content (AvgIpc) is 3.25. The van der Waals surface area contributed by atoms with Crippen LogP contribution in [0.2, 0.25) is 0 Å². The van der Waals surface area contributed by atoms with E-state index in [1.54, 1.807) is 6.08 Å². The van der Waals surface area contributed by atoms with Gasteiger partial charge in [0.2, 0.25) is 5.91 Å². The number of phosphoric acid groups is 1. The quantitative estimate of drug-likeness (QED) is 0.0272. The van der Waals surface area contributed by atoms with Crippen molar-refractivity contribution in [2.24, 2.45) is 0 Å². The van der Waals surface area contributed by atoms with Crippen LogP contribution in [0, 0.1) is 0 Å². The van der Waals surface area contributed by atoms with Crippen molar-refractivity contribution >= 4 is 13.7 Å². The summed E-state index contributed by atoms with van der Waals surface area (Å²) in [7, 11) is 1.27. The number of unbranched alkanes of at least 4 members (excludes halogenated alkanes) is 36. The second-order valence-electron chi connectivity index (χ2n) is 20.3. The molecule has 8 nitrogen and oxygen atoms in total. The number of likely N-dealkylation sites (N-methyl/N-ethyl adjacent to an activating group) is 1. The number of carbonyl (C=O) groups is 1. The number of aliphatic hydroxyl groups excluding tert-OH is 1. The summed E-state index contributed by atoms with van der Waals surface area (Å²) in [5.74, 6) is -0.197. The van der Waals surface area contributed by atoms with Crippen LogP contribution in [0.25, 0.3) is 0 Å². The Balaban J connectivity index is 3.79. The normalized spacial score (nSPS) is 14.2. The fourth-order valence-corrected chi connectivity index (χ4v) is 8.99. The fraction of sp³-hybridized carbons (Fsp3) is 0.909. The molecule has 0 aliphatic carbocycles. The van der Waals surface area contributed by atoms with Gasteiger partial charge in [-0.05, 0) is 44.9 Å². The highest BCUT2D eigenvalue weighted by molar-refractivity contribution is 7.45. The molecule has 0 fully saturated rings. The fourth-order valence-electron chi connectivity index (χ4n) is 8.27. The molecule has 3 unspecified atom stereocenters. The van der Waals surface area contributed by atoms with Crippen LogP contribution in [0.5, 0.6) is 0 Å². The molecule has 0 heterocycles. The largest absolute Gasteiger partial charge is 0.756 e. The molecule has 0 rings (SSSR count). The number of allylic oxidation sites excluding steroid dienone is 3. The molecule has 0 spiro atoms. The highest BCUT2D eigenvalue weighted by atomic mass is 31.2. The predicted molar refractivity (Wildman–Crippen MR) is 275 cm³/mol. The van der Waals surface area contributed by atoms with E-state index in [1.165, 1.54) is 212 Å².